The molecule has 8 heteroatoms. The Labute approximate surface area is 171 Å². The van der Waals surface area contributed by atoms with E-state index in [2.05, 4.69) is 15.9 Å². The average molecular weight is 451 g/mol. The summed E-state index contributed by atoms with van der Waals surface area (Å²) in [5.74, 6) is -4.25. The standard InChI is InChI=1S/C19H19BrN2O4S/c20-12-6-4-11(5-7-12)14(13(10-21)16(22)27)15-17(23)25-19(26-18(15)24)8-2-1-3-9-19/h4-7,13-14,23H,1-3,8-9H2,(H2,22,27). The predicted octanol–water partition coefficient (Wildman–Crippen LogP) is 3.96. The van der Waals surface area contributed by atoms with Crippen molar-refractivity contribution in [3.63, 3.8) is 0 Å². The minimum absolute atomic E-state index is 0.0727. The zero-order chi connectivity index (χ0) is 19.6. The van der Waals surface area contributed by atoms with E-state index in [9.17, 15) is 15.2 Å². The van der Waals surface area contributed by atoms with E-state index in [-0.39, 0.29) is 10.6 Å². The van der Waals surface area contributed by atoms with Gasteiger partial charge in [-0.2, -0.15) is 5.26 Å². The number of hydrogen-bond acceptors (Lipinski definition) is 6. The lowest BCUT2D eigenvalue weighted by Crippen LogP contribution is -2.45. The first kappa shape index (κ1) is 19.6. The van der Waals surface area contributed by atoms with Crippen LogP contribution in [0.3, 0.4) is 0 Å². The van der Waals surface area contributed by atoms with Gasteiger partial charge in [-0.3, -0.25) is 0 Å². The molecule has 0 radical (unpaired) electrons. The maximum atomic E-state index is 12.9. The second kappa shape index (κ2) is 7.87. The third-order valence-electron chi connectivity index (χ3n) is 4.95. The molecule has 1 aromatic rings. The van der Waals surface area contributed by atoms with Crippen LogP contribution in [0.5, 0.6) is 0 Å². The molecule has 0 saturated heterocycles. The van der Waals surface area contributed by atoms with E-state index in [1.54, 1.807) is 24.3 Å². The van der Waals surface area contributed by atoms with Gasteiger partial charge in [-0.05, 0) is 30.5 Å². The number of benzene rings is 1. The number of hydrogen-bond donors (Lipinski definition) is 2. The van der Waals surface area contributed by atoms with Crippen LogP contribution in [0.1, 0.15) is 43.6 Å². The second-order valence-corrected chi connectivity index (χ2v) is 8.11. The number of carbonyl (C=O) groups is 1. The zero-order valence-corrected chi connectivity index (χ0v) is 16.9. The number of rotatable bonds is 4. The molecule has 6 nitrogen and oxygen atoms in total. The van der Waals surface area contributed by atoms with Gasteiger partial charge in [0, 0.05) is 23.2 Å². The highest BCUT2D eigenvalue weighted by atomic mass is 79.9. The van der Waals surface area contributed by atoms with Gasteiger partial charge in [0.15, 0.2) is 0 Å². The zero-order valence-electron chi connectivity index (χ0n) is 14.5. The molecule has 1 aromatic carbocycles. The van der Waals surface area contributed by atoms with Gasteiger partial charge in [0.05, 0.1) is 11.1 Å². The smallest absolute Gasteiger partial charge is 0.345 e. The highest BCUT2D eigenvalue weighted by molar-refractivity contribution is 9.10. The van der Waals surface area contributed by atoms with Crippen LogP contribution in [-0.4, -0.2) is 21.9 Å². The van der Waals surface area contributed by atoms with Gasteiger partial charge < -0.3 is 20.3 Å². The van der Waals surface area contributed by atoms with Crippen LogP contribution in [0, 0.1) is 17.2 Å². The number of nitrogens with zero attached hydrogens (tertiary/aromatic N) is 1. The molecule has 3 N–H and O–H groups in total. The van der Waals surface area contributed by atoms with Crippen LogP contribution in [0.4, 0.5) is 0 Å². The Morgan fingerprint density at radius 2 is 1.89 bits per heavy atom. The molecule has 2 unspecified atom stereocenters. The molecular formula is C19H19BrN2O4S. The normalized spacial score (nSPS) is 21.0. The lowest BCUT2D eigenvalue weighted by atomic mass is 9.80. The van der Waals surface area contributed by atoms with Crippen LogP contribution in [0.25, 0.3) is 0 Å². The van der Waals surface area contributed by atoms with Gasteiger partial charge in [-0.1, -0.05) is 46.7 Å². The lowest BCUT2D eigenvalue weighted by molar-refractivity contribution is -0.250. The lowest BCUT2D eigenvalue weighted by Gasteiger charge is -2.40. The highest BCUT2D eigenvalue weighted by Crippen LogP contribution is 2.43. The molecule has 2 aliphatic rings. The van der Waals surface area contributed by atoms with Gasteiger partial charge in [0.25, 0.3) is 11.7 Å². The first-order valence-electron chi connectivity index (χ1n) is 8.67. The molecule has 142 valence electrons. The molecule has 1 saturated carbocycles. The van der Waals surface area contributed by atoms with E-state index in [1.165, 1.54) is 0 Å². The largest absolute Gasteiger partial charge is 0.480 e. The third kappa shape index (κ3) is 3.94. The molecule has 1 fully saturated rings. The van der Waals surface area contributed by atoms with Crippen molar-refractivity contribution in [2.24, 2.45) is 11.7 Å². The van der Waals surface area contributed by atoms with Crippen molar-refractivity contribution in [2.75, 3.05) is 0 Å². The topological polar surface area (TPSA) is 106 Å². The third-order valence-corrected chi connectivity index (χ3v) is 5.73. The highest BCUT2D eigenvalue weighted by Gasteiger charge is 2.48. The predicted molar refractivity (Wildman–Crippen MR) is 105 cm³/mol. The van der Waals surface area contributed by atoms with Crippen molar-refractivity contribution in [1.82, 2.24) is 0 Å². The fraction of sp³-hybridized carbons (Fsp3) is 0.421. The minimum Gasteiger partial charge on any atom is -0.480 e. The summed E-state index contributed by atoms with van der Waals surface area (Å²) in [6.45, 7) is 0. The van der Waals surface area contributed by atoms with Crippen molar-refractivity contribution < 1.29 is 19.4 Å². The summed E-state index contributed by atoms with van der Waals surface area (Å²) < 4.78 is 12.1. The Kier molecular flexibility index (Phi) is 5.72. The maximum absolute atomic E-state index is 12.9. The van der Waals surface area contributed by atoms with E-state index < -0.39 is 29.5 Å². The van der Waals surface area contributed by atoms with Gasteiger partial charge in [-0.15, -0.1) is 0 Å². The van der Waals surface area contributed by atoms with Crippen molar-refractivity contribution in [3.05, 3.63) is 45.8 Å². The fourth-order valence-electron chi connectivity index (χ4n) is 3.62. The number of ether oxygens (including phenoxy) is 2. The van der Waals surface area contributed by atoms with E-state index >= 15 is 0 Å². The van der Waals surface area contributed by atoms with Gasteiger partial charge in [0.2, 0.25) is 0 Å². The Morgan fingerprint density at radius 1 is 1.26 bits per heavy atom. The number of halogens is 1. The van der Waals surface area contributed by atoms with Crippen LogP contribution >= 0.6 is 28.1 Å². The monoisotopic (exact) mass is 450 g/mol. The molecule has 1 spiro atoms. The molecule has 27 heavy (non-hydrogen) atoms. The van der Waals surface area contributed by atoms with Crippen molar-refractivity contribution in [2.45, 2.75) is 43.8 Å². The summed E-state index contributed by atoms with van der Waals surface area (Å²) in [6.07, 6.45) is 3.77. The van der Waals surface area contributed by atoms with E-state index in [1.807, 2.05) is 6.07 Å². The molecule has 1 aliphatic heterocycles. The Morgan fingerprint density at radius 3 is 2.41 bits per heavy atom. The van der Waals surface area contributed by atoms with E-state index in [0.29, 0.717) is 18.4 Å². The molecule has 3 rings (SSSR count). The van der Waals surface area contributed by atoms with Crippen LogP contribution in [-0.2, 0) is 14.3 Å². The quantitative estimate of drug-likeness (QED) is 0.527. The van der Waals surface area contributed by atoms with Crippen LogP contribution in [0.15, 0.2) is 40.3 Å². The molecule has 0 amide bonds. The molecule has 2 atom stereocenters. The first-order valence-corrected chi connectivity index (χ1v) is 9.87. The summed E-state index contributed by atoms with van der Waals surface area (Å²) in [6, 6.07) is 9.04. The number of aliphatic hydroxyl groups excluding tert-OH is 1. The SMILES string of the molecule is N#CC(C(N)=S)C(C1=C(O)OC2(CCCCC2)OC1=O)c1ccc(Br)cc1. The second-order valence-electron chi connectivity index (χ2n) is 6.72. The molecule has 0 bridgehead atoms. The number of thiocarbonyl (C=S) groups is 1. The average Bonchev–Trinajstić information content (AvgIpc) is 2.61. The summed E-state index contributed by atoms with van der Waals surface area (Å²) >= 11 is 8.38. The first-order chi connectivity index (χ1) is 12.9. The summed E-state index contributed by atoms with van der Waals surface area (Å²) in [7, 11) is 0. The number of esters is 1. The summed E-state index contributed by atoms with van der Waals surface area (Å²) in [4.78, 5) is 12.8. The Hall–Kier alpha value is -2.11. The number of nitriles is 1. The summed E-state index contributed by atoms with van der Waals surface area (Å²) in [5, 5.41) is 20.2. The summed E-state index contributed by atoms with van der Waals surface area (Å²) in [5.41, 5.74) is 6.22. The van der Waals surface area contributed by atoms with Gasteiger partial charge in [-0.25, -0.2) is 4.79 Å². The van der Waals surface area contributed by atoms with E-state index in [0.717, 1.165) is 23.7 Å². The van der Waals surface area contributed by atoms with Crippen LogP contribution < -0.4 is 5.73 Å². The van der Waals surface area contributed by atoms with Gasteiger partial charge >= 0.3 is 5.97 Å². The Balaban J connectivity index is 2.07. The van der Waals surface area contributed by atoms with Crippen molar-refractivity contribution in [3.8, 4) is 6.07 Å². The molecule has 1 aliphatic carbocycles. The van der Waals surface area contributed by atoms with E-state index in [4.69, 9.17) is 27.4 Å². The minimum atomic E-state index is -1.13. The Bertz CT molecular complexity index is 825. The van der Waals surface area contributed by atoms with Gasteiger partial charge in [0.1, 0.15) is 11.5 Å². The maximum Gasteiger partial charge on any atom is 0.345 e. The molecular weight excluding hydrogens is 432 g/mol. The molecule has 0 aromatic heterocycles. The number of nitrogens with two attached hydrogens (primary N) is 1. The van der Waals surface area contributed by atoms with Crippen molar-refractivity contribution >= 4 is 39.1 Å². The van der Waals surface area contributed by atoms with Crippen molar-refractivity contribution in [1.29, 1.82) is 5.26 Å². The molecule has 1 heterocycles. The number of carbonyl (C=O) groups excluding carboxylic acids is 1. The number of aliphatic hydroxyl groups is 1. The van der Waals surface area contributed by atoms with Crippen LogP contribution in [0.2, 0.25) is 0 Å². The fourth-order valence-corrected chi connectivity index (χ4v) is 4.07.